The molecule has 1 saturated carbocycles. The van der Waals surface area contributed by atoms with E-state index in [1.807, 2.05) is 28.7 Å². The fourth-order valence-electron chi connectivity index (χ4n) is 4.85. The average molecular weight is 751 g/mol. The summed E-state index contributed by atoms with van der Waals surface area (Å²) in [6, 6.07) is 6.96. The highest BCUT2D eigenvalue weighted by molar-refractivity contribution is 14.1. The Balaban J connectivity index is 1.60. The minimum atomic E-state index is -4.52. The molecule has 1 atom stereocenters. The van der Waals surface area contributed by atoms with E-state index in [-0.39, 0.29) is 40.0 Å². The number of anilines is 2. The van der Waals surface area contributed by atoms with Crippen molar-refractivity contribution < 1.29 is 26.3 Å². The number of nitrogens with zero attached hydrogens (tertiary/aromatic N) is 4. The van der Waals surface area contributed by atoms with E-state index in [0.717, 1.165) is 13.8 Å². The molecule has 234 valence electrons. The highest BCUT2D eigenvalue weighted by Gasteiger charge is 2.58. The van der Waals surface area contributed by atoms with Crippen LogP contribution in [-0.4, -0.2) is 39.7 Å². The molecule has 0 saturated heterocycles. The first-order valence-electron chi connectivity index (χ1n) is 13.3. The topological polar surface area (TPSA) is 101 Å². The predicted molar refractivity (Wildman–Crippen MR) is 162 cm³/mol. The molecular weight excluding hydrogens is 725 g/mol. The number of hydrogen-bond donors (Lipinski definition) is 4. The third kappa shape index (κ3) is 5.79. The first-order chi connectivity index (χ1) is 20.6. The van der Waals surface area contributed by atoms with Crippen molar-refractivity contribution in [2.75, 3.05) is 17.2 Å². The van der Waals surface area contributed by atoms with E-state index < -0.39 is 42.1 Å². The molecule has 1 aliphatic heterocycles. The summed E-state index contributed by atoms with van der Waals surface area (Å²) in [6.07, 6.45) is -5.34. The first-order valence-corrected chi connectivity index (χ1v) is 14.8. The van der Waals surface area contributed by atoms with Crippen LogP contribution in [0.1, 0.15) is 49.6 Å². The number of hydrazine groups is 2. The van der Waals surface area contributed by atoms with Gasteiger partial charge in [0.25, 0.3) is 6.43 Å². The highest BCUT2D eigenvalue weighted by Crippen LogP contribution is 2.50. The Hall–Kier alpha value is -3.23. The lowest BCUT2D eigenvalue weighted by Gasteiger charge is -2.29. The Labute approximate surface area is 267 Å². The van der Waals surface area contributed by atoms with Crippen molar-refractivity contribution in [2.45, 2.75) is 57.8 Å². The zero-order valence-electron chi connectivity index (χ0n) is 23.5. The van der Waals surface area contributed by atoms with Crippen LogP contribution < -0.4 is 21.6 Å². The Morgan fingerprint density at radius 2 is 1.93 bits per heavy atom. The van der Waals surface area contributed by atoms with Crippen LogP contribution in [0.2, 0.25) is 5.02 Å². The van der Waals surface area contributed by atoms with Crippen LogP contribution >= 0.6 is 34.2 Å². The van der Waals surface area contributed by atoms with Crippen LogP contribution in [0.5, 0.6) is 0 Å². The van der Waals surface area contributed by atoms with E-state index in [4.69, 9.17) is 11.6 Å². The number of nitrogens with one attached hydrogen (secondary N) is 4. The fraction of sp³-hybridized carbons (Fsp3) is 0.393. The summed E-state index contributed by atoms with van der Waals surface area (Å²) in [5.74, 6) is -0.705. The van der Waals surface area contributed by atoms with Gasteiger partial charge in [-0.3, -0.25) is 9.99 Å². The van der Waals surface area contributed by atoms with E-state index in [0.29, 0.717) is 26.3 Å². The molecule has 1 aliphatic carbocycles. The second kappa shape index (κ2) is 11.6. The van der Waals surface area contributed by atoms with Crippen LogP contribution in [0.25, 0.3) is 10.9 Å². The summed E-state index contributed by atoms with van der Waals surface area (Å²) in [7, 11) is 0. The summed E-state index contributed by atoms with van der Waals surface area (Å²) in [5.41, 5.74) is 4.32. The van der Waals surface area contributed by atoms with Crippen LogP contribution in [0.3, 0.4) is 0 Å². The number of pyridine rings is 2. The van der Waals surface area contributed by atoms with Gasteiger partial charge in [-0.2, -0.15) is 22.8 Å². The number of benzene rings is 1. The molecule has 2 aliphatic rings. The van der Waals surface area contributed by atoms with E-state index in [1.165, 1.54) is 23.3 Å². The zero-order valence-corrected chi connectivity index (χ0v) is 26.4. The minimum absolute atomic E-state index is 0.00936. The van der Waals surface area contributed by atoms with Gasteiger partial charge < -0.3 is 16.1 Å². The lowest BCUT2D eigenvalue weighted by Crippen LogP contribution is -2.49. The van der Waals surface area contributed by atoms with Gasteiger partial charge in [-0.1, -0.05) is 17.7 Å². The maximum absolute atomic E-state index is 14.0. The third-order valence-electron chi connectivity index (χ3n) is 7.86. The lowest BCUT2D eigenvalue weighted by molar-refractivity contribution is -0.206. The maximum atomic E-state index is 14.0. The predicted octanol–water partition coefficient (Wildman–Crippen LogP) is 7.48. The molecule has 4 N–H and O–H groups in total. The first kappa shape index (κ1) is 32.2. The molecule has 1 aromatic carbocycles. The number of aromatic nitrogens is 2. The number of fused-ring (bicyclic) bond motifs is 1. The van der Waals surface area contributed by atoms with E-state index in [1.54, 1.807) is 19.1 Å². The van der Waals surface area contributed by atoms with Gasteiger partial charge in [-0.15, -0.1) is 5.53 Å². The smallest absolute Gasteiger partial charge is 0.382 e. The van der Waals surface area contributed by atoms with Crippen LogP contribution in [0.4, 0.5) is 37.7 Å². The number of hydrogen-bond acceptors (Lipinski definition) is 8. The van der Waals surface area contributed by atoms with Gasteiger partial charge in [-0.25, -0.2) is 13.8 Å². The van der Waals surface area contributed by atoms with Gasteiger partial charge in [0, 0.05) is 35.1 Å². The van der Waals surface area contributed by atoms with Gasteiger partial charge in [0.05, 0.1) is 38.9 Å². The molecule has 3 heterocycles. The highest BCUT2D eigenvalue weighted by atomic mass is 127. The molecule has 8 nitrogen and oxygen atoms in total. The number of halogens is 8. The number of aryl methyl sites for hydroxylation is 1. The Bertz CT molecular complexity index is 1690. The molecule has 16 heteroatoms. The van der Waals surface area contributed by atoms with Crippen LogP contribution in [-0.2, 0) is 0 Å². The van der Waals surface area contributed by atoms with Gasteiger partial charge in [0.2, 0.25) is 5.95 Å². The fourth-order valence-corrected chi connectivity index (χ4v) is 6.16. The largest absolute Gasteiger partial charge is 0.395 e. The summed E-state index contributed by atoms with van der Waals surface area (Å²) >= 11 is 8.56. The molecule has 0 radical (unpaired) electrons. The normalized spacial score (nSPS) is 17.1. The number of rotatable bonds is 9. The Morgan fingerprint density at radius 1 is 1.23 bits per heavy atom. The van der Waals surface area contributed by atoms with Crippen molar-refractivity contribution in [2.24, 2.45) is 5.41 Å². The van der Waals surface area contributed by atoms with Crippen LogP contribution in [0.15, 0.2) is 39.9 Å². The van der Waals surface area contributed by atoms with Crippen molar-refractivity contribution in [1.82, 2.24) is 25.9 Å². The second-order valence-electron chi connectivity index (χ2n) is 11.3. The van der Waals surface area contributed by atoms with Gasteiger partial charge in [0.1, 0.15) is 15.3 Å². The van der Waals surface area contributed by atoms with Crippen molar-refractivity contribution in [3.63, 3.8) is 0 Å². The van der Waals surface area contributed by atoms with E-state index in [2.05, 4.69) is 31.6 Å². The van der Waals surface area contributed by atoms with Crippen molar-refractivity contribution in [3.8, 4) is 6.07 Å². The standard InChI is InChI=1S/C28H26ClF6IN8/c1-13-16(4-5-19(30)40-13)22(23-24(36)44(43-42-23)27(6-7-27)25(31)32)41-15-8-17-20(39-12-26(2,3)28(33,34)35)14(10-37)11-38-21(17)18(29)9-15/h4-5,8-9,11,22,25,41-43H,6-7,12H2,1-3H3,(H,38,39)/t22-/m0/s1. The van der Waals surface area contributed by atoms with Gasteiger partial charge in [-0.05, 0) is 74.4 Å². The molecule has 3 aromatic rings. The Kier molecular flexibility index (Phi) is 8.49. The van der Waals surface area contributed by atoms with Crippen molar-refractivity contribution in [1.29, 1.82) is 5.26 Å². The molecule has 5 rings (SSSR count). The summed E-state index contributed by atoms with van der Waals surface area (Å²) in [6.45, 7) is 3.15. The SMILES string of the molecule is Cc1nc(F)ccc1[C@H](Nc1cc(Cl)c2ncc(C#N)c(NCC(C)(C)C(F)(F)F)c2c1)C1=C(I)N(C2(C(F)F)CC2)NN1. The molecule has 0 amide bonds. The number of alkyl halides is 5. The summed E-state index contributed by atoms with van der Waals surface area (Å²) in [5, 5.41) is 17.6. The molecule has 44 heavy (non-hydrogen) atoms. The maximum Gasteiger partial charge on any atom is 0.395 e. The monoisotopic (exact) mass is 750 g/mol. The van der Waals surface area contributed by atoms with Crippen molar-refractivity contribution >= 4 is 56.5 Å². The minimum Gasteiger partial charge on any atom is -0.382 e. The van der Waals surface area contributed by atoms with E-state index in [9.17, 15) is 31.6 Å². The molecule has 0 bridgehead atoms. The van der Waals surface area contributed by atoms with Gasteiger partial charge >= 0.3 is 6.18 Å². The third-order valence-corrected chi connectivity index (χ3v) is 9.21. The lowest BCUT2D eigenvalue weighted by atomic mass is 9.92. The average Bonchev–Trinajstić information content (AvgIpc) is 3.66. The number of nitriles is 1. The molecular formula is C28H26ClF6IN8. The zero-order chi connectivity index (χ0) is 32.2. The second-order valence-corrected chi connectivity index (χ2v) is 12.7. The van der Waals surface area contributed by atoms with Crippen LogP contribution in [0, 0.1) is 29.6 Å². The van der Waals surface area contributed by atoms with Gasteiger partial charge in [0.15, 0.2) is 0 Å². The molecule has 2 aromatic heterocycles. The quantitative estimate of drug-likeness (QED) is 0.0774. The molecule has 0 unspecified atom stereocenters. The summed E-state index contributed by atoms with van der Waals surface area (Å²) in [4.78, 5) is 8.18. The van der Waals surface area contributed by atoms with E-state index >= 15 is 0 Å². The Morgan fingerprint density at radius 3 is 2.52 bits per heavy atom. The molecule has 0 spiro atoms. The summed E-state index contributed by atoms with van der Waals surface area (Å²) < 4.78 is 83.2. The van der Waals surface area contributed by atoms with Crippen molar-refractivity contribution in [3.05, 3.63) is 67.7 Å². The molecule has 1 fully saturated rings.